The van der Waals surface area contributed by atoms with Crippen molar-refractivity contribution in [3.05, 3.63) is 11.6 Å². The molecule has 120 valence electrons. The van der Waals surface area contributed by atoms with Crippen LogP contribution < -0.4 is 4.90 Å². The molecule has 0 aromatic carbocycles. The summed E-state index contributed by atoms with van der Waals surface area (Å²) >= 11 is 5.86. The van der Waals surface area contributed by atoms with E-state index in [9.17, 15) is 13.2 Å². The van der Waals surface area contributed by atoms with Crippen molar-refractivity contribution in [1.29, 1.82) is 0 Å². The van der Waals surface area contributed by atoms with Gasteiger partial charge in [0.15, 0.2) is 17.0 Å². The number of aromatic nitrogens is 4. The predicted octanol–water partition coefficient (Wildman–Crippen LogP) is 2.27. The third-order valence-electron chi connectivity index (χ3n) is 3.44. The Morgan fingerprint density at radius 3 is 2.86 bits per heavy atom. The summed E-state index contributed by atoms with van der Waals surface area (Å²) in [6.07, 6.45) is -3.18. The molecule has 1 atom stereocenters. The minimum Gasteiger partial charge on any atom is -0.377 e. The molecule has 1 aliphatic rings. The number of hydrogen-bond acceptors (Lipinski definition) is 5. The summed E-state index contributed by atoms with van der Waals surface area (Å²) in [6.45, 7) is 2.32. The van der Waals surface area contributed by atoms with Crippen LogP contribution >= 0.6 is 11.6 Å². The highest BCUT2D eigenvalue weighted by Gasteiger charge is 2.32. The Bertz CT molecular complexity index is 689. The Hall–Kier alpha value is -1.61. The summed E-state index contributed by atoms with van der Waals surface area (Å²) in [5.74, 6) is 0.476. The molecule has 0 unspecified atom stereocenters. The smallest absolute Gasteiger partial charge is 0.377 e. The molecule has 0 bridgehead atoms. The van der Waals surface area contributed by atoms with Crippen LogP contribution in [0.4, 0.5) is 19.0 Å². The number of rotatable bonds is 2. The second-order valence-electron chi connectivity index (χ2n) is 5.07. The summed E-state index contributed by atoms with van der Waals surface area (Å²) in [5, 5.41) is -0.255. The van der Waals surface area contributed by atoms with Gasteiger partial charge >= 0.3 is 6.18 Å². The lowest BCUT2D eigenvalue weighted by molar-refractivity contribution is -0.140. The zero-order valence-corrected chi connectivity index (χ0v) is 12.4. The van der Waals surface area contributed by atoms with Crippen molar-refractivity contribution < 1.29 is 17.9 Å². The summed E-state index contributed by atoms with van der Waals surface area (Å²) in [6, 6.07) is 0.0402. The fourth-order valence-corrected chi connectivity index (χ4v) is 2.69. The van der Waals surface area contributed by atoms with Gasteiger partial charge in [-0.15, -0.1) is 0 Å². The van der Waals surface area contributed by atoms with E-state index in [-0.39, 0.29) is 22.5 Å². The fourth-order valence-electron chi connectivity index (χ4n) is 2.47. The zero-order chi connectivity index (χ0) is 15.9. The molecule has 3 heterocycles. The van der Waals surface area contributed by atoms with E-state index in [2.05, 4.69) is 15.0 Å². The first-order chi connectivity index (χ1) is 10.4. The minimum absolute atomic E-state index is 0.0402. The van der Waals surface area contributed by atoms with Crippen LogP contribution in [0.5, 0.6) is 0 Å². The van der Waals surface area contributed by atoms with Gasteiger partial charge in [0, 0.05) is 6.54 Å². The molecule has 10 heteroatoms. The Morgan fingerprint density at radius 2 is 2.18 bits per heavy atom. The lowest BCUT2D eigenvalue weighted by Crippen LogP contribution is -2.44. The van der Waals surface area contributed by atoms with E-state index in [1.165, 1.54) is 6.33 Å². The largest absolute Gasteiger partial charge is 0.406 e. The summed E-state index contributed by atoms with van der Waals surface area (Å²) in [4.78, 5) is 14.1. The van der Waals surface area contributed by atoms with Crippen LogP contribution in [0.25, 0.3) is 11.2 Å². The van der Waals surface area contributed by atoms with Gasteiger partial charge < -0.3 is 9.64 Å². The SMILES string of the molecule is C[C@H]1COCCN1c1ncnc2c1nc(Cl)n2CC(F)(F)F. The lowest BCUT2D eigenvalue weighted by Gasteiger charge is -2.34. The third kappa shape index (κ3) is 2.82. The van der Waals surface area contributed by atoms with Gasteiger partial charge in [0.1, 0.15) is 12.9 Å². The lowest BCUT2D eigenvalue weighted by atomic mass is 10.2. The summed E-state index contributed by atoms with van der Waals surface area (Å²) in [5.41, 5.74) is 0.344. The number of morpholine rings is 1. The molecule has 1 saturated heterocycles. The van der Waals surface area contributed by atoms with E-state index in [0.717, 1.165) is 4.57 Å². The Morgan fingerprint density at radius 1 is 1.41 bits per heavy atom. The number of hydrogen-bond donors (Lipinski definition) is 0. The molecule has 2 aromatic rings. The average molecular weight is 336 g/mol. The molecular formula is C12H13ClF3N5O. The Balaban J connectivity index is 2.08. The Labute approximate surface area is 128 Å². The van der Waals surface area contributed by atoms with Gasteiger partial charge in [-0.2, -0.15) is 13.2 Å². The first kappa shape index (κ1) is 15.3. The van der Waals surface area contributed by atoms with E-state index < -0.39 is 12.7 Å². The van der Waals surface area contributed by atoms with E-state index in [0.29, 0.717) is 25.6 Å². The van der Waals surface area contributed by atoms with Crippen LogP contribution in [0.15, 0.2) is 6.33 Å². The minimum atomic E-state index is -4.41. The predicted molar refractivity (Wildman–Crippen MR) is 74.0 cm³/mol. The molecule has 0 radical (unpaired) electrons. The molecular weight excluding hydrogens is 323 g/mol. The number of ether oxygens (including phenoxy) is 1. The van der Waals surface area contributed by atoms with Crippen LogP contribution in [0, 0.1) is 0 Å². The van der Waals surface area contributed by atoms with Crippen molar-refractivity contribution in [2.45, 2.75) is 25.7 Å². The molecule has 3 rings (SSSR count). The number of nitrogens with zero attached hydrogens (tertiary/aromatic N) is 5. The van der Waals surface area contributed by atoms with Gasteiger partial charge in [0.05, 0.1) is 19.3 Å². The molecule has 0 N–H and O–H groups in total. The molecule has 0 amide bonds. The van der Waals surface area contributed by atoms with E-state index in [1.54, 1.807) is 0 Å². The highest BCUT2D eigenvalue weighted by Crippen LogP contribution is 2.30. The molecule has 0 aliphatic carbocycles. The number of alkyl halides is 3. The molecule has 0 spiro atoms. The number of anilines is 1. The van der Waals surface area contributed by atoms with Gasteiger partial charge in [0.2, 0.25) is 5.28 Å². The van der Waals surface area contributed by atoms with Gasteiger partial charge in [-0.1, -0.05) is 0 Å². The van der Waals surface area contributed by atoms with Crippen LogP contribution in [-0.4, -0.2) is 51.5 Å². The highest BCUT2D eigenvalue weighted by atomic mass is 35.5. The van der Waals surface area contributed by atoms with Crippen molar-refractivity contribution in [2.75, 3.05) is 24.7 Å². The van der Waals surface area contributed by atoms with E-state index >= 15 is 0 Å². The first-order valence-electron chi connectivity index (χ1n) is 6.64. The van der Waals surface area contributed by atoms with Gasteiger partial charge in [-0.25, -0.2) is 15.0 Å². The zero-order valence-electron chi connectivity index (χ0n) is 11.6. The monoisotopic (exact) mass is 335 g/mol. The van der Waals surface area contributed by atoms with Gasteiger partial charge in [-0.05, 0) is 18.5 Å². The third-order valence-corrected chi connectivity index (χ3v) is 3.73. The maximum Gasteiger partial charge on any atom is 0.406 e. The maximum atomic E-state index is 12.7. The quantitative estimate of drug-likeness (QED) is 0.788. The van der Waals surface area contributed by atoms with Crippen molar-refractivity contribution in [3.63, 3.8) is 0 Å². The van der Waals surface area contributed by atoms with Crippen molar-refractivity contribution in [1.82, 2.24) is 19.5 Å². The van der Waals surface area contributed by atoms with Crippen molar-refractivity contribution in [3.8, 4) is 0 Å². The molecule has 1 fully saturated rings. The molecule has 0 saturated carbocycles. The number of halogens is 4. The fraction of sp³-hybridized carbons (Fsp3) is 0.583. The number of imidazole rings is 1. The van der Waals surface area contributed by atoms with E-state index in [4.69, 9.17) is 16.3 Å². The summed E-state index contributed by atoms with van der Waals surface area (Å²) in [7, 11) is 0. The molecule has 22 heavy (non-hydrogen) atoms. The second kappa shape index (κ2) is 5.54. The second-order valence-corrected chi connectivity index (χ2v) is 5.41. The normalized spacial score (nSPS) is 19.9. The van der Waals surface area contributed by atoms with Crippen LogP contribution in [0.3, 0.4) is 0 Å². The van der Waals surface area contributed by atoms with Gasteiger partial charge in [0.25, 0.3) is 0 Å². The highest BCUT2D eigenvalue weighted by molar-refractivity contribution is 6.29. The Kier molecular flexibility index (Phi) is 3.85. The topological polar surface area (TPSA) is 56.1 Å². The molecule has 2 aromatic heterocycles. The maximum absolute atomic E-state index is 12.7. The first-order valence-corrected chi connectivity index (χ1v) is 7.02. The molecule has 1 aliphatic heterocycles. The number of fused-ring (bicyclic) bond motifs is 1. The average Bonchev–Trinajstić information content (AvgIpc) is 2.74. The van der Waals surface area contributed by atoms with E-state index in [1.807, 2.05) is 11.8 Å². The van der Waals surface area contributed by atoms with Crippen molar-refractivity contribution >= 4 is 28.6 Å². The van der Waals surface area contributed by atoms with Crippen LogP contribution in [0.2, 0.25) is 5.28 Å². The molecule has 6 nitrogen and oxygen atoms in total. The van der Waals surface area contributed by atoms with Crippen LogP contribution in [-0.2, 0) is 11.3 Å². The van der Waals surface area contributed by atoms with Crippen LogP contribution in [0.1, 0.15) is 6.92 Å². The van der Waals surface area contributed by atoms with Gasteiger partial charge in [-0.3, -0.25) is 4.57 Å². The standard InChI is InChI=1S/C12H13ClF3N5O/c1-7-4-22-3-2-20(7)9-8-10(18-6-17-9)21(11(13)19-8)5-12(14,15)16/h6-7H,2-5H2,1H3/t7-/m0/s1. The van der Waals surface area contributed by atoms with Crippen molar-refractivity contribution in [2.24, 2.45) is 0 Å². The summed E-state index contributed by atoms with van der Waals surface area (Å²) < 4.78 is 44.2.